The zero-order valence-electron chi connectivity index (χ0n) is 13.8. The van der Waals surface area contributed by atoms with Crippen molar-refractivity contribution in [3.63, 3.8) is 0 Å². The molecule has 0 saturated carbocycles. The van der Waals surface area contributed by atoms with Crippen LogP contribution in [0.25, 0.3) is 0 Å². The molecule has 3 N–H and O–H groups in total. The Bertz CT molecular complexity index is 514. The van der Waals surface area contributed by atoms with Crippen LogP contribution in [-0.4, -0.2) is 42.9 Å². The van der Waals surface area contributed by atoms with Crippen molar-refractivity contribution in [1.29, 1.82) is 0 Å². The first-order valence-corrected chi connectivity index (χ1v) is 8.46. The Kier molecular flexibility index (Phi) is 6.13. The van der Waals surface area contributed by atoms with E-state index >= 15 is 0 Å². The van der Waals surface area contributed by atoms with Crippen molar-refractivity contribution in [2.45, 2.75) is 32.3 Å². The van der Waals surface area contributed by atoms with Crippen molar-refractivity contribution >= 4 is 23.3 Å². The Morgan fingerprint density at radius 3 is 2.70 bits per heavy atom. The molecule has 0 spiro atoms. The Morgan fingerprint density at radius 1 is 1.35 bits per heavy atom. The second-order valence-electron chi connectivity index (χ2n) is 6.78. The van der Waals surface area contributed by atoms with Crippen molar-refractivity contribution in [2.24, 2.45) is 5.92 Å². The van der Waals surface area contributed by atoms with Gasteiger partial charge in [0.1, 0.15) is 0 Å². The molecule has 1 fully saturated rings. The molecule has 1 aliphatic rings. The van der Waals surface area contributed by atoms with Gasteiger partial charge in [0.2, 0.25) is 0 Å². The number of nitrogens with one attached hydrogen (secondary N) is 2. The highest BCUT2D eigenvalue weighted by Gasteiger charge is 2.23. The Hall–Kier alpha value is -1.46. The largest absolute Gasteiger partial charge is 0.390 e. The summed E-state index contributed by atoms with van der Waals surface area (Å²) in [6.45, 7) is 6.53. The third kappa shape index (κ3) is 6.28. The molecule has 2 rings (SSSR count). The normalized spacial score (nSPS) is 18.1. The first-order chi connectivity index (χ1) is 10.8. The molecule has 23 heavy (non-hydrogen) atoms. The van der Waals surface area contributed by atoms with Crippen LogP contribution in [0.5, 0.6) is 0 Å². The van der Waals surface area contributed by atoms with Crippen LogP contribution in [0.15, 0.2) is 24.3 Å². The molecular formula is C17H26ClN3O2. The summed E-state index contributed by atoms with van der Waals surface area (Å²) in [6.07, 6.45) is 1.60. The number of carbonyl (C=O) groups is 1. The highest BCUT2D eigenvalue weighted by atomic mass is 35.5. The molecule has 1 atom stereocenters. The molecule has 5 nitrogen and oxygen atoms in total. The number of aliphatic hydroxyl groups is 1. The van der Waals surface area contributed by atoms with Gasteiger partial charge in [-0.2, -0.15) is 0 Å². The zero-order chi connectivity index (χ0) is 16.9. The fourth-order valence-electron chi connectivity index (χ4n) is 2.67. The molecule has 1 saturated heterocycles. The van der Waals surface area contributed by atoms with Gasteiger partial charge in [-0.1, -0.05) is 11.6 Å². The van der Waals surface area contributed by atoms with Gasteiger partial charge in [-0.05, 0) is 56.9 Å². The van der Waals surface area contributed by atoms with Crippen molar-refractivity contribution in [2.75, 3.05) is 31.1 Å². The van der Waals surface area contributed by atoms with Crippen molar-refractivity contribution in [1.82, 2.24) is 10.6 Å². The van der Waals surface area contributed by atoms with Gasteiger partial charge < -0.3 is 20.6 Å². The van der Waals surface area contributed by atoms with E-state index in [1.54, 1.807) is 13.8 Å². The van der Waals surface area contributed by atoms with E-state index in [4.69, 9.17) is 11.6 Å². The summed E-state index contributed by atoms with van der Waals surface area (Å²) in [5.74, 6) is 0.450. The van der Waals surface area contributed by atoms with Crippen molar-refractivity contribution in [3.05, 3.63) is 29.3 Å². The standard InChI is InChI=1S/C17H26ClN3O2/c1-17(2,23)8-9-19-16(22)20-11-13-7-10-21(12-13)15-5-3-14(18)4-6-15/h3-6,13,23H,7-12H2,1-2H3,(H2,19,20,22). The highest BCUT2D eigenvalue weighted by Crippen LogP contribution is 2.24. The van der Waals surface area contributed by atoms with Crippen LogP contribution in [0.4, 0.5) is 10.5 Å². The topological polar surface area (TPSA) is 64.6 Å². The van der Waals surface area contributed by atoms with E-state index in [1.165, 1.54) is 5.69 Å². The van der Waals surface area contributed by atoms with Gasteiger partial charge in [0.05, 0.1) is 5.60 Å². The van der Waals surface area contributed by atoms with Crippen LogP contribution >= 0.6 is 11.6 Å². The third-order valence-corrected chi connectivity index (χ3v) is 4.30. The average Bonchev–Trinajstić information content (AvgIpc) is 2.93. The second kappa shape index (κ2) is 7.88. The van der Waals surface area contributed by atoms with Crippen LogP contribution in [0.3, 0.4) is 0 Å². The van der Waals surface area contributed by atoms with E-state index in [0.717, 1.165) is 24.5 Å². The smallest absolute Gasteiger partial charge is 0.314 e. The molecule has 0 aliphatic carbocycles. The molecule has 1 aromatic rings. The molecule has 1 unspecified atom stereocenters. The molecule has 2 amide bonds. The fraction of sp³-hybridized carbons (Fsp3) is 0.588. The van der Waals surface area contributed by atoms with Crippen LogP contribution in [-0.2, 0) is 0 Å². The van der Waals surface area contributed by atoms with Crippen molar-refractivity contribution in [3.8, 4) is 0 Å². The van der Waals surface area contributed by atoms with E-state index in [-0.39, 0.29) is 6.03 Å². The van der Waals surface area contributed by atoms with Gasteiger partial charge in [-0.15, -0.1) is 0 Å². The number of nitrogens with zero attached hydrogens (tertiary/aromatic N) is 1. The van der Waals surface area contributed by atoms with E-state index in [9.17, 15) is 9.90 Å². The van der Waals surface area contributed by atoms with E-state index < -0.39 is 5.60 Å². The van der Waals surface area contributed by atoms with Gasteiger partial charge in [0, 0.05) is 36.9 Å². The summed E-state index contributed by atoms with van der Waals surface area (Å²) in [5.41, 5.74) is 0.421. The number of hydrogen-bond donors (Lipinski definition) is 3. The molecule has 1 heterocycles. The number of anilines is 1. The summed E-state index contributed by atoms with van der Waals surface area (Å²) in [6, 6.07) is 7.69. The van der Waals surface area contributed by atoms with Crippen molar-refractivity contribution < 1.29 is 9.90 Å². The fourth-order valence-corrected chi connectivity index (χ4v) is 2.79. The maximum atomic E-state index is 11.7. The summed E-state index contributed by atoms with van der Waals surface area (Å²) < 4.78 is 0. The zero-order valence-corrected chi connectivity index (χ0v) is 14.6. The number of halogens is 1. The van der Waals surface area contributed by atoms with Crippen LogP contribution in [0, 0.1) is 5.92 Å². The van der Waals surface area contributed by atoms with E-state index in [1.807, 2.05) is 24.3 Å². The van der Waals surface area contributed by atoms with Gasteiger partial charge in [0.15, 0.2) is 0 Å². The predicted molar refractivity (Wildman–Crippen MR) is 94.1 cm³/mol. The molecule has 0 bridgehead atoms. The van der Waals surface area contributed by atoms with Crippen LogP contribution in [0.1, 0.15) is 26.7 Å². The Morgan fingerprint density at radius 2 is 2.04 bits per heavy atom. The van der Waals surface area contributed by atoms with Gasteiger partial charge in [0.25, 0.3) is 0 Å². The first kappa shape index (κ1) is 17.9. The Balaban J connectivity index is 1.67. The quantitative estimate of drug-likeness (QED) is 0.746. The van der Waals surface area contributed by atoms with Gasteiger partial charge >= 0.3 is 6.03 Å². The minimum Gasteiger partial charge on any atom is -0.390 e. The SMILES string of the molecule is CC(C)(O)CCNC(=O)NCC1CCN(c2ccc(Cl)cc2)C1. The molecule has 0 aromatic heterocycles. The van der Waals surface area contributed by atoms with Crippen LogP contribution in [0.2, 0.25) is 5.02 Å². The molecule has 0 radical (unpaired) electrons. The second-order valence-corrected chi connectivity index (χ2v) is 7.21. The lowest BCUT2D eigenvalue weighted by molar-refractivity contribution is 0.0719. The lowest BCUT2D eigenvalue weighted by atomic mass is 10.1. The summed E-state index contributed by atoms with van der Waals surface area (Å²) in [7, 11) is 0. The average molecular weight is 340 g/mol. The van der Waals surface area contributed by atoms with E-state index in [2.05, 4.69) is 15.5 Å². The molecular weight excluding hydrogens is 314 g/mol. The number of urea groups is 1. The minimum absolute atomic E-state index is 0.167. The predicted octanol–water partition coefficient (Wildman–Crippen LogP) is 2.63. The number of rotatable bonds is 6. The van der Waals surface area contributed by atoms with Crippen LogP contribution < -0.4 is 15.5 Å². The molecule has 1 aromatic carbocycles. The number of benzene rings is 1. The molecule has 6 heteroatoms. The monoisotopic (exact) mass is 339 g/mol. The molecule has 1 aliphatic heterocycles. The maximum Gasteiger partial charge on any atom is 0.314 e. The Labute approximate surface area is 143 Å². The number of amides is 2. The third-order valence-electron chi connectivity index (χ3n) is 4.05. The highest BCUT2D eigenvalue weighted by molar-refractivity contribution is 6.30. The number of hydrogen-bond acceptors (Lipinski definition) is 3. The lowest BCUT2D eigenvalue weighted by Gasteiger charge is -2.19. The maximum absolute atomic E-state index is 11.7. The molecule has 128 valence electrons. The lowest BCUT2D eigenvalue weighted by Crippen LogP contribution is -2.40. The first-order valence-electron chi connectivity index (χ1n) is 8.08. The summed E-state index contributed by atoms with van der Waals surface area (Å²) >= 11 is 5.91. The summed E-state index contributed by atoms with van der Waals surface area (Å²) in [5, 5.41) is 16.0. The minimum atomic E-state index is -0.752. The number of carbonyl (C=O) groups excluding carboxylic acids is 1. The van der Waals surface area contributed by atoms with Gasteiger partial charge in [-0.3, -0.25) is 0 Å². The van der Waals surface area contributed by atoms with E-state index in [0.29, 0.717) is 25.4 Å². The summed E-state index contributed by atoms with van der Waals surface area (Å²) in [4.78, 5) is 14.1. The van der Waals surface area contributed by atoms with Gasteiger partial charge in [-0.25, -0.2) is 4.79 Å².